The van der Waals surface area contributed by atoms with Gasteiger partial charge in [-0.05, 0) is 122 Å². The number of ether oxygens (including phenoxy) is 5. The summed E-state index contributed by atoms with van der Waals surface area (Å²) < 4.78 is 28.3. The van der Waals surface area contributed by atoms with Crippen molar-refractivity contribution in [2.75, 3.05) is 13.2 Å². The Bertz CT molecular complexity index is 1880. The summed E-state index contributed by atoms with van der Waals surface area (Å²) in [6.45, 7) is 5.67. The number of esters is 3. The molecule has 1 aliphatic rings. The van der Waals surface area contributed by atoms with Crippen LogP contribution < -0.4 is 0 Å². The lowest BCUT2D eigenvalue weighted by atomic mass is 9.98. The first-order valence-corrected chi connectivity index (χ1v) is 30.2. The molecule has 6 atom stereocenters. The second-order valence-electron chi connectivity index (χ2n) is 19.9. The normalized spacial score (nSPS) is 18.8. The van der Waals surface area contributed by atoms with Crippen LogP contribution in [0.4, 0.5) is 0 Å². The first-order chi connectivity index (χ1) is 38.6. The molecule has 1 aliphatic heterocycles. The highest BCUT2D eigenvalue weighted by atomic mass is 16.7. The van der Waals surface area contributed by atoms with Gasteiger partial charge in [-0.3, -0.25) is 14.4 Å². The number of carbonyl (C=O) groups excluding carboxylic acids is 3. The van der Waals surface area contributed by atoms with Crippen LogP contribution in [0.3, 0.4) is 0 Å². The van der Waals surface area contributed by atoms with Crippen molar-refractivity contribution in [3.05, 3.63) is 134 Å². The summed E-state index contributed by atoms with van der Waals surface area (Å²) in [5.74, 6) is -3.29. The molecule has 0 aliphatic carbocycles. The summed E-state index contributed by atoms with van der Waals surface area (Å²) in [6.07, 6.45) is 62.8. The van der Waals surface area contributed by atoms with Gasteiger partial charge in [-0.2, -0.15) is 0 Å². The minimum atomic E-state index is -1.94. The van der Waals surface area contributed by atoms with Gasteiger partial charge < -0.3 is 39.0 Å². The van der Waals surface area contributed by atoms with Crippen LogP contribution in [0.15, 0.2) is 134 Å². The second kappa shape index (κ2) is 53.5. The van der Waals surface area contributed by atoms with Gasteiger partial charge in [-0.25, -0.2) is 4.79 Å². The van der Waals surface area contributed by atoms with Crippen LogP contribution in [-0.4, -0.2) is 89.2 Å². The van der Waals surface area contributed by atoms with Gasteiger partial charge in [0.05, 0.1) is 6.61 Å². The molecule has 0 aromatic heterocycles. The number of allylic oxidation sites excluding steroid dienone is 22. The van der Waals surface area contributed by atoms with Gasteiger partial charge in [0, 0.05) is 19.3 Å². The van der Waals surface area contributed by atoms with Crippen LogP contribution in [0.1, 0.15) is 213 Å². The maximum atomic E-state index is 13.2. The van der Waals surface area contributed by atoms with Crippen LogP contribution in [0, 0.1) is 0 Å². The Morgan fingerprint density at radius 3 is 1.27 bits per heavy atom. The molecule has 0 saturated carbocycles. The Labute approximate surface area is 477 Å². The molecule has 444 valence electrons. The molecule has 12 heteroatoms. The van der Waals surface area contributed by atoms with Crippen molar-refractivity contribution in [3.8, 4) is 0 Å². The van der Waals surface area contributed by atoms with Crippen molar-refractivity contribution in [2.45, 2.75) is 250 Å². The van der Waals surface area contributed by atoms with E-state index >= 15 is 0 Å². The van der Waals surface area contributed by atoms with E-state index in [1.807, 2.05) is 18.2 Å². The number of aliphatic hydroxyl groups excluding tert-OH is 2. The van der Waals surface area contributed by atoms with Crippen LogP contribution in [0.5, 0.6) is 0 Å². The standard InChI is InChI=1S/C67H104O12/c1-4-7-10-13-16-19-22-25-28-29-30-31-34-37-40-43-46-49-52-55-61(70)78-65-63(72)62(71)64(66(73)74)79-67(65)76-57-58(77-60(69)54-51-48-45-42-39-36-33-27-24-21-18-15-12-9-6-3)56-75-59(68)53-50-47-44-41-38-35-32-26-23-20-17-14-11-8-5-2/h7-8,10-11,16-21,25-28,30-33,37,40,46,49,58,62-65,67,71-72H,4-6,9,12-15,22-24,29,34-36,38-39,41-45,47-48,50-57H2,1-3H3,(H,73,74)/b10-7-,11-8-,19-16-,20-17-,21-18-,28-25-,31-30-,32-26-,33-27-,40-37-,49-46-. The molecular weight excluding hydrogens is 997 g/mol. The highest BCUT2D eigenvalue weighted by molar-refractivity contribution is 5.74. The fourth-order valence-corrected chi connectivity index (χ4v) is 8.14. The van der Waals surface area contributed by atoms with E-state index in [2.05, 4.69) is 136 Å². The quantitative estimate of drug-likeness (QED) is 0.0228. The summed E-state index contributed by atoms with van der Waals surface area (Å²) in [6, 6.07) is 0. The fraction of sp³-hybridized carbons (Fsp3) is 0.612. The molecule has 3 N–H and O–H groups in total. The van der Waals surface area contributed by atoms with E-state index in [1.54, 1.807) is 0 Å². The highest BCUT2D eigenvalue weighted by Crippen LogP contribution is 2.26. The first kappa shape index (κ1) is 71.9. The lowest BCUT2D eigenvalue weighted by molar-refractivity contribution is -0.301. The number of rotatable bonds is 49. The fourth-order valence-electron chi connectivity index (χ4n) is 8.14. The second-order valence-corrected chi connectivity index (χ2v) is 19.9. The Hall–Kier alpha value is -5.14. The van der Waals surface area contributed by atoms with Gasteiger partial charge in [0.25, 0.3) is 0 Å². The maximum Gasteiger partial charge on any atom is 0.335 e. The SMILES string of the molecule is CC/C=C\C/C=C\C/C=C\C/C=C\C/C=C\C/C=C\CCC(=O)OC1C(OCC(COC(=O)CCCCCCC/C=C\C/C=C\C/C=C\CC)OC(=O)CCCCCCC/C=C\C/C=C\CCCCC)OC(C(=O)O)C(O)C1O. The number of aliphatic carboxylic acids is 1. The van der Waals surface area contributed by atoms with Gasteiger partial charge in [-0.15, -0.1) is 0 Å². The number of carboxylic acids is 1. The predicted molar refractivity (Wildman–Crippen MR) is 321 cm³/mol. The van der Waals surface area contributed by atoms with Gasteiger partial charge in [0.2, 0.25) is 0 Å². The Kier molecular flexibility index (Phi) is 48.7. The van der Waals surface area contributed by atoms with E-state index in [1.165, 1.54) is 19.3 Å². The Morgan fingerprint density at radius 2 is 0.823 bits per heavy atom. The number of carboxylic acid groups (broad SMARTS) is 1. The van der Waals surface area contributed by atoms with Crippen molar-refractivity contribution in [1.29, 1.82) is 0 Å². The van der Waals surface area contributed by atoms with Crippen LogP contribution in [0.25, 0.3) is 0 Å². The Morgan fingerprint density at radius 1 is 0.430 bits per heavy atom. The van der Waals surface area contributed by atoms with Crippen molar-refractivity contribution >= 4 is 23.9 Å². The third-order valence-corrected chi connectivity index (χ3v) is 12.7. The topological polar surface area (TPSA) is 175 Å². The molecule has 1 heterocycles. The average molecular weight is 1100 g/mol. The van der Waals surface area contributed by atoms with Crippen molar-refractivity contribution in [3.63, 3.8) is 0 Å². The van der Waals surface area contributed by atoms with E-state index < -0.39 is 67.3 Å². The minimum absolute atomic E-state index is 0.0753. The highest BCUT2D eigenvalue weighted by Gasteiger charge is 2.50. The summed E-state index contributed by atoms with van der Waals surface area (Å²) in [5, 5.41) is 31.5. The maximum absolute atomic E-state index is 13.2. The van der Waals surface area contributed by atoms with Crippen LogP contribution >= 0.6 is 0 Å². The molecule has 0 spiro atoms. The molecule has 6 unspecified atom stereocenters. The van der Waals surface area contributed by atoms with E-state index in [0.717, 1.165) is 128 Å². The zero-order valence-electron chi connectivity index (χ0n) is 48.8. The largest absolute Gasteiger partial charge is 0.479 e. The Balaban J connectivity index is 2.76. The monoisotopic (exact) mass is 1100 g/mol. The van der Waals surface area contributed by atoms with E-state index in [0.29, 0.717) is 25.7 Å². The molecule has 1 rings (SSSR count). The third-order valence-electron chi connectivity index (χ3n) is 12.7. The lowest BCUT2D eigenvalue weighted by Gasteiger charge is -2.40. The average Bonchev–Trinajstić information content (AvgIpc) is 3.44. The van der Waals surface area contributed by atoms with Crippen LogP contribution in [-0.2, 0) is 42.9 Å². The molecule has 0 radical (unpaired) electrons. The van der Waals surface area contributed by atoms with E-state index in [-0.39, 0.29) is 25.9 Å². The number of carbonyl (C=O) groups is 4. The molecule has 1 fully saturated rings. The molecule has 0 aromatic carbocycles. The molecule has 0 aromatic rings. The molecule has 0 bridgehead atoms. The lowest BCUT2D eigenvalue weighted by Crippen LogP contribution is -2.61. The van der Waals surface area contributed by atoms with Gasteiger partial charge in [0.1, 0.15) is 18.8 Å². The van der Waals surface area contributed by atoms with E-state index in [9.17, 15) is 34.5 Å². The number of hydrogen-bond acceptors (Lipinski definition) is 11. The summed E-state index contributed by atoms with van der Waals surface area (Å²) >= 11 is 0. The van der Waals surface area contributed by atoms with Gasteiger partial charge >= 0.3 is 23.9 Å². The van der Waals surface area contributed by atoms with Gasteiger partial charge in [-0.1, -0.05) is 206 Å². The van der Waals surface area contributed by atoms with E-state index in [4.69, 9.17) is 23.7 Å². The van der Waals surface area contributed by atoms with Gasteiger partial charge in [0.15, 0.2) is 24.6 Å². The van der Waals surface area contributed by atoms with Crippen molar-refractivity contribution in [1.82, 2.24) is 0 Å². The minimum Gasteiger partial charge on any atom is -0.479 e. The summed E-state index contributed by atoms with van der Waals surface area (Å²) in [7, 11) is 0. The summed E-state index contributed by atoms with van der Waals surface area (Å²) in [5.41, 5.74) is 0. The van der Waals surface area contributed by atoms with Crippen LogP contribution in [0.2, 0.25) is 0 Å². The molecular formula is C67H104O12. The molecule has 12 nitrogen and oxygen atoms in total. The number of unbranched alkanes of at least 4 members (excludes halogenated alkanes) is 13. The zero-order valence-corrected chi connectivity index (χ0v) is 48.8. The summed E-state index contributed by atoms with van der Waals surface area (Å²) in [4.78, 5) is 51.2. The molecule has 0 amide bonds. The number of hydrogen-bond donors (Lipinski definition) is 3. The molecule has 79 heavy (non-hydrogen) atoms. The predicted octanol–water partition coefficient (Wildman–Crippen LogP) is 15.8. The van der Waals surface area contributed by atoms with Crippen molar-refractivity contribution in [2.24, 2.45) is 0 Å². The zero-order chi connectivity index (χ0) is 57.5. The van der Waals surface area contributed by atoms with Crippen molar-refractivity contribution < 1.29 is 58.2 Å². The number of aliphatic hydroxyl groups is 2. The molecule has 1 saturated heterocycles. The third kappa shape index (κ3) is 43.4. The smallest absolute Gasteiger partial charge is 0.335 e. The first-order valence-electron chi connectivity index (χ1n) is 30.2.